The molecule has 2 aromatic rings. The molecule has 1 aliphatic carbocycles. The zero-order valence-electron chi connectivity index (χ0n) is 19.6. The zero-order valence-corrected chi connectivity index (χ0v) is 19.6. The van der Waals surface area contributed by atoms with Gasteiger partial charge in [-0.3, -0.25) is 4.79 Å². The summed E-state index contributed by atoms with van der Waals surface area (Å²) < 4.78 is 22.5. The summed E-state index contributed by atoms with van der Waals surface area (Å²) in [6, 6.07) is 14.6. The Labute approximate surface area is 203 Å². The fourth-order valence-electron chi connectivity index (χ4n) is 4.40. The smallest absolute Gasteiger partial charge is 0.340 e. The van der Waals surface area contributed by atoms with Gasteiger partial charge in [0.1, 0.15) is 17.9 Å². The first-order chi connectivity index (χ1) is 17.0. The lowest BCUT2D eigenvalue weighted by Crippen LogP contribution is -2.31. The van der Waals surface area contributed by atoms with Crippen LogP contribution in [0, 0.1) is 11.3 Å². The number of nitrogens with two attached hydrogens (primary N) is 1. The highest BCUT2D eigenvalue weighted by atomic mass is 16.5. The molecular formula is C27H26N2O6. The molecular weight excluding hydrogens is 448 g/mol. The van der Waals surface area contributed by atoms with Crippen LogP contribution in [0.1, 0.15) is 48.8 Å². The van der Waals surface area contributed by atoms with Crippen molar-refractivity contribution < 1.29 is 28.5 Å². The second-order valence-electron chi connectivity index (χ2n) is 8.11. The van der Waals surface area contributed by atoms with E-state index in [1.54, 1.807) is 30.3 Å². The predicted octanol–water partition coefficient (Wildman–Crippen LogP) is 4.00. The number of carbonyl (C=O) groups is 2. The summed E-state index contributed by atoms with van der Waals surface area (Å²) in [5, 5.41) is 9.34. The van der Waals surface area contributed by atoms with E-state index in [0.29, 0.717) is 59.8 Å². The Hall–Kier alpha value is -4.25. The number of allylic oxidation sites excluding steroid dienone is 2. The van der Waals surface area contributed by atoms with Crippen LogP contribution < -0.4 is 15.2 Å². The first kappa shape index (κ1) is 23.9. The van der Waals surface area contributed by atoms with E-state index in [1.165, 1.54) is 7.11 Å². The molecule has 0 radical (unpaired) electrons. The lowest BCUT2D eigenvalue weighted by molar-refractivity contribution is -0.136. The normalized spacial score (nSPS) is 17.3. The second kappa shape index (κ2) is 10.3. The second-order valence-corrected chi connectivity index (χ2v) is 8.11. The maximum Gasteiger partial charge on any atom is 0.340 e. The highest BCUT2D eigenvalue weighted by molar-refractivity contribution is 6.03. The van der Waals surface area contributed by atoms with Gasteiger partial charge in [0.2, 0.25) is 5.88 Å². The molecule has 8 nitrogen and oxygen atoms in total. The Morgan fingerprint density at radius 3 is 2.71 bits per heavy atom. The molecule has 0 saturated carbocycles. The molecule has 0 fully saturated rings. The van der Waals surface area contributed by atoms with Crippen LogP contribution in [0.2, 0.25) is 0 Å². The third kappa shape index (κ3) is 4.71. The van der Waals surface area contributed by atoms with Crippen LogP contribution in [-0.2, 0) is 25.7 Å². The minimum Gasteiger partial charge on any atom is -0.490 e. The van der Waals surface area contributed by atoms with Gasteiger partial charge in [-0.2, -0.15) is 5.26 Å². The van der Waals surface area contributed by atoms with Crippen molar-refractivity contribution in [2.24, 2.45) is 5.73 Å². The van der Waals surface area contributed by atoms with E-state index < -0.39 is 11.9 Å². The summed E-state index contributed by atoms with van der Waals surface area (Å²) in [6.07, 6.45) is 1.59. The maximum absolute atomic E-state index is 12.9. The third-order valence-electron chi connectivity index (χ3n) is 6.01. The van der Waals surface area contributed by atoms with Crippen molar-refractivity contribution >= 4 is 11.8 Å². The van der Waals surface area contributed by atoms with Crippen molar-refractivity contribution in [2.45, 2.75) is 38.7 Å². The maximum atomic E-state index is 12.9. The fraction of sp³-hybridized carbons (Fsp3) is 0.296. The Morgan fingerprint density at radius 1 is 1.17 bits per heavy atom. The lowest BCUT2D eigenvalue weighted by atomic mass is 9.77. The van der Waals surface area contributed by atoms with Crippen LogP contribution >= 0.6 is 0 Å². The Kier molecular flexibility index (Phi) is 7.06. The predicted molar refractivity (Wildman–Crippen MR) is 126 cm³/mol. The number of hydrogen-bond donors (Lipinski definition) is 1. The quantitative estimate of drug-likeness (QED) is 0.598. The van der Waals surface area contributed by atoms with Gasteiger partial charge in [-0.1, -0.05) is 24.3 Å². The van der Waals surface area contributed by atoms with E-state index in [1.807, 2.05) is 19.1 Å². The van der Waals surface area contributed by atoms with Gasteiger partial charge in [0, 0.05) is 24.0 Å². The van der Waals surface area contributed by atoms with Crippen molar-refractivity contribution in [3.8, 4) is 17.6 Å². The number of nitrogens with zero attached hydrogens (tertiary/aromatic N) is 1. The lowest BCUT2D eigenvalue weighted by Gasteiger charge is -2.32. The van der Waals surface area contributed by atoms with Gasteiger partial charge in [0.05, 0.1) is 31.3 Å². The molecule has 0 unspecified atom stereocenters. The molecule has 8 heteroatoms. The Balaban J connectivity index is 1.74. The minimum atomic E-state index is -0.744. The van der Waals surface area contributed by atoms with E-state index in [0.717, 1.165) is 5.56 Å². The molecule has 1 aliphatic heterocycles. The summed E-state index contributed by atoms with van der Waals surface area (Å²) in [7, 11) is 1.26. The average molecular weight is 475 g/mol. The molecule has 0 spiro atoms. The molecule has 2 aromatic carbocycles. The number of ether oxygens (including phenoxy) is 4. The van der Waals surface area contributed by atoms with Crippen molar-refractivity contribution in [3.05, 3.63) is 81.9 Å². The van der Waals surface area contributed by atoms with Gasteiger partial charge < -0.3 is 24.7 Å². The van der Waals surface area contributed by atoms with Crippen LogP contribution in [0.5, 0.6) is 11.5 Å². The number of rotatable bonds is 7. The monoisotopic (exact) mass is 474 g/mol. The molecule has 35 heavy (non-hydrogen) atoms. The molecule has 180 valence electrons. The summed E-state index contributed by atoms with van der Waals surface area (Å²) in [4.78, 5) is 25.6. The topological polar surface area (TPSA) is 121 Å². The molecule has 0 saturated heterocycles. The van der Waals surface area contributed by atoms with Gasteiger partial charge in [0.25, 0.3) is 0 Å². The Morgan fingerprint density at radius 2 is 1.97 bits per heavy atom. The molecule has 1 atom stereocenters. The van der Waals surface area contributed by atoms with Crippen LogP contribution in [0.4, 0.5) is 0 Å². The average Bonchev–Trinajstić information content (AvgIpc) is 2.87. The van der Waals surface area contributed by atoms with E-state index in [-0.39, 0.29) is 23.8 Å². The fourth-order valence-corrected chi connectivity index (χ4v) is 4.40. The first-order valence-corrected chi connectivity index (χ1v) is 11.4. The zero-order chi connectivity index (χ0) is 24.9. The van der Waals surface area contributed by atoms with Crippen molar-refractivity contribution in [1.82, 2.24) is 0 Å². The van der Waals surface area contributed by atoms with E-state index >= 15 is 0 Å². The van der Waals surface area contributed by atoms with Crippen molar-refractivity contribution in [3.63, 3.8) is 0 Å². The van der Waals surface area contributed by atoms with Crippen LogP contribution in [0.3, 0.4) is 0 Å². The van der Waals surface area contributed by atoms with E-state index in [9.17, 15) is 14.9 Å². The van der Waals surface area contributed by atoms with Gasteiger partial charge >= 0.3 is 5.97 Å². The van der Waals surface area contributed by atoms with E-state index in [4.69, 9.17) is 24.7 Å². The molecule has 0 bridgehead atoms. The van der Waals surface area contributed by atoms with Crippen molar-refractivity contribution in [1.29, 1.82) is 5.26 Å². The van der Waals surface area contributed by atoms with Gasteiger partial charge in [-0.15, -0.1) is 0 Å². The van der Waals surface area contributed by atoms with Crippen LogP contribution in [0.15, 0.2) is 65.3 Å². The number of ketones is 1. The summed E-state index contributed by atoms with van der Waals surface area (Å²) in [5.74, 6) is -0.160. The number of esters is 1. The first-order valence-electron chi connectivity index (χ1n) is 11.4. The van der Waals surface area contributed by atoms with Crippen LogP contribution in [-0.4, -0.2) is 25.5 Å². The minimum absolute atomic E-state index is 0.0679. The SMILES string of the molecule is CCOc1cc([C@H]2C(C(=O)OC)=C(N)OC3=C2C(=O)CCC3)ccc1OCc1ccccc1C#N. The molecule has 2 aliphatic rings. The molecule has 2 N–H and O–H groups in total. The van der Waals surface area contributed by atoms with Crippen molar-refractivity contribution in [2.75, 3.05) is 13.7 Å². The third-order valence-corrected chi connectivity index (χ3v) is 6.01. The number of nitriles is 1. The molecule has 0 aromatic heterocycles. The number of Topliss-reactive ketones (excluding diaryl/α,β-unsaturated/α-hetero) is 1. The molecule has 0 amide bonds. The molecule has 1 heterocycles. The number of hydrogen-bond acceptors (Lipinski definition) is 8. The van der Waals surface area contributed by atoms with Crippen LogP contribution in [0.25, 0.3) is 0 Å². The summed E-state index contributed by atoms with van der Waals surface area (Å²) in [5.41, 5.74) is 8.55. The standard InChI is InChI=1S/C27H26N2O6/c1-3-33-22-13-16(11-12-20(22)34-15-18-8-5-4-7-17(18)14-28)23-24-19(30)9-6-10-21(24)35-26(29)25(23)27(31)32-2/h4-5,7-8,11-13,23H,3,6,9-10,15,29H2,1-2H3/t23-/m1/s1. The Bertz CT molecular complexity index is 1270. The number of benzene rings is 2. The van der Waals surface area contributed by atoms with Gasteiger partial charge in [-0.05, 0) is 37.1 Å². The highest BCUT2D eigenvalue weighted by Gasteiger charge is 2.41. The highest BCUT2D eigenvalue weighted by Crippen LogP contribution is 2.45. The number of methoxy groups -OCH3 is 1. The molecule has 4 rings (SSSR count). The largest absolute Gasteiger partial charge is 0.490 e. The van der Waals surface area contributed by atoms with Gasteiger partial charge in [0.15, 0.2) is 17.3 Å². The summed E-state index contributed by atoms with van der Waals surface area (Å²) >= 11 is 0. The number of carbonyl (C=O) groups excluding carboxylic acids is 2. The van der Waals surface area contributed by atoms with Gasteiger partial charge in [-0.25, -0.2) is 4.79 Å². The van der Waals surface area contributed by atoms with E-state index in [2.05, 4.69) is 6.07 Å². The summed E-state index contributed by atoms with van der Waals surface area (Å²) in [6.45, 7) is 2.39.